The third kappa shape index (κ3) is 1.87. The van der Waals surface area contributed by atoms with Gasteiger partial charge in [-0.3, -0.25) is 14.5 Å². The normalized spacial score (nSPS) is 22.2. The molecule has 1 aromatic carbocycles. The van der Waals surface area contributed by atoms with E-state index in [9.17, 15) is 14.7 Å². The Balaban J connectivity index is 2.53. The van der Waals surface area contributed by atoms with Gasteiger partial charge in [0.05, 0.1) is 5.69 Å². The molecular weight excluding hydrogens is 254 g/mol. The lowest BCUT2D eigenvalue weighted by molar-refractivity contribution is -0.137. The van der Waals surface area contributed by atoms with E-state index in [2.05, 4.69) is 12.6 Å². The first-order valence-electron chi connectivity index (χ1n) is 5.49. The highest BCUT2D eigenvalue weighted by Gasteiger charge is 2.47. The van der Waals surface area contributed by atoms with Gasteiger partial charge in [-0.15, -0.1) is 12.6 Å². The molecule has 2 N–H and O–H groups in total. The fraction of sp³-hybridized carbons (Fsp3) is 0.333. The van der Waals surface area contributed by atoms with E-state index >= 15 is 0 Å². The maximum absolute atomic E-state index is 12.0. The van der Waals surface area contributed by atoms with Crippen LogP contribution in [0.2, 0.25) is 0 Å². The first-order valence-corrected chi connectivity index (χ1v) is 5.94. The van der Waals surface area contributed by atoms with Crippen LogP contribution in [0.3, 0.4) is 0 Å². The van der Waals surface area contributed by atoms with E-state index in [-0.39, 0.29) is 0 Å². The largest absolute Gasteiger partial charge is 0.480 e. The van der Waals surface area contributed by atoms with Gasteiger partial charge in [-0.25, -0.2) is 0 Å². The molecule has 1 aliphatic rings. The molecule has 0 fully saturated rings. The number of rotatable bonds is 3. The molecule has 0 bridgehead atoms. The van der Waals surface area contributed by atoms with Crippen LogP contribution in [-0.4, -0.2) is 28.6 Å². The minimum absolute atomic E-state index is 0.344. The number of nitrogens with zero attached hydrogens (tertiary/aromatic N) is 1. The number of hydrogen-bond acceptors (Lipinski definition) is 4. The van der Waals surface area contributed by atoms with Crippen molar-refractivity contribution in [2.24, 2.45) is 0 Å². The molecule has 1 aromatic rings. The first-order chi connectivity index (χ1) is 8.37. The maximum Gasteiger partial charge on any atom is 0.323 e. The lowest BCUT2D eigenvalue weighted by Crippen LogP contribution is -2.39. The molecule has 18 heavy (non-hydrogen) atoms. The minimum atomic E-state index is -1.95. The summed E-state index contributed by atoms with van der Waals surface area (Å²) in [5.41, 5.74) is 1.69. The van der Waals surface area contributed by atoms with Crippen molar-refractivity contribution in [1.29, 1.82) is 0 Å². The molecule has 96 valence electrons. The van der Waals surface area contributed by atoms with Gasteiger partial charge < -0.3 is 10.2 Å². The van der Waals surface area contributed by atoms with Gasteiger partial charge in [-0.05, 0) is 24.1 Å². The van der Waals surface area contributed by atoms with Crippen LogP contribution in [0.25, 0.3) is 0 Å². The van der Waals surface area contributed by atoms with E-state index in [0.717, 1.165) is 16.9 Å². The van der Waals surface area contributed by atoms with E-state index in [1.807, 2.05) is 6.92 Å². The molecule has 2 rings (SSSR count). The van der Waals surface area contributed by atoms with Crippen molar-refractivity contribution in [2.75, 3.05) is 11.4 Å². The number of carbonyl (C=O) groups excluding carboxylic acids is 1. The van der Waals surface area contributed by atoms with Crippen molar-refractivity contribution in [2.45, 2.75) is 18.3 Å². The second kappa shape index (κ2) is 4.29. The fourth-order valence-electron chi connectivity index (χ4n) is 2.02. The molecule has 0 unspecified atom stereocenters. The van der Waals surface area contributed by atoms with Crippen LogP contribution in [0, 0.1) is 0 Å². The van der Waals surface area contributed by atoms with Gasteiger partial charge in [-0.2, -0.15) is 0 Å². The van der Waals surface area contributed by atoms with E-state index in [1.54, 1.807) is 18.2 Å². The fourth-order valence-corrected chi connectivity index (χ4v) is 2.32. The van der Waals surface area contributed by atoms with Crippen LogP contribution >= 0.6 is 12.6 Å². The Morgan fingerprint density at radius 2 is 2.17 bits per heavy atom. The van der Waals surface area contributed by atoms with Crippen LogP contribution in [0.4, 0.5) is 5.69 Å². The third-order valence-electron chi connectivity index (χ3n) is 2.97. The van der Waals surface area contributed by atoms with Crippen LogP contribution in [0.15, 0.2) is 18.2 Å². The summed E-state index contributed by atoms with van der Waals surface area (Å²) in [7, 11) is 0. The lowest BCUT2D eigenvalue weighted by atomic mass is 10.0. The second-order valence-electron chi connectivity index (χ2n) is 4.16. The summed E-state index contributed by atoms with van der Waals surface area (Å²) in [6.45, 7) is 1.46. The number of aliphatic hydroxyl groups is 1. The topological polar surface area (TPSA) is 77.8 Å². The number of hydrogen-bond donors (Lipinski definition) is 3. The Kier molecular flexibility index (Phi) is 3.08. The van der Waals surface area contributed by atoms with Crippen molar-refractivity contribution >= 4 is 30.2 Å². The Labute approximate surface area is 109 Å². The van der Waals surface area contributed by atoms with Crippen molar-refractivity contribution in [3.63, 3.8) is 0 Å². The molecule has 5 nitrogen and oxygen atoms in total. The van der Waals surface area contributed by atoms with Crippen LogP contribution < -0.4 is 4.90 Å². The summed E-state index contributed by atoms with van der Waals surface area (Å²) in [6, 6.07) is 5.13. The summed E-state index contributed by atoms with van der Waals surface area (Å²) in [6.07, 6.45) is 0.754. The molecular formula is C12H13NO4S. The molecule has 1 amide bonds. The smallest absolute Gasteiger partial charge is 0.323 e. The van der Waals surface area contributed by atoms with Gasteiger partial charge in [0.15, 0.2) is 0 Å². The van der Waals surface area contributed by atoms with Crippen LogP contribution in [0.5, 0.6) is 0 Å². The zero-order valence-electron chi connectivity index (χ0n) is 9.75. The van der Waals surface area contributed by atoms with Crippen LogP contribution in [0.1, 0.15) is 18.1 Å². The molecule has 6 heteroatoms. The number of carboxylic acids is 1. The van der Waals surface area contributed by atoms with Gasteiger partial charge in [0.1, 0.15) is 6.54 Å². The number of amides is 1. The van der Waals surface area contributed by atoms with E-state index in [1.165, 1.54) is 0 Å². The predicted octanol–water partition coefficient (Wildman–Crippen LogP) is 0.755. The maximum atomic E-state index is 12.0. The summed E-state index contributed by atoms with van der Waals surface area (Å²) in [5, 5.41) is 18.9. The van der Waals surface area contributed by atoms with E-state index < -0.39 is 23.4 Å². The predicted molar refractivity (Wildman–Crippen MR) is 68.7 cm³/mol. The standard InChI is InChI=1S/C12H13NO4S/c1-2-7-3-4-9-8(5-7)12(17,18)11(16)13(9)6-10(14)15/h3-5,17-18H,2,6H2,1H3,(H,14,15)/t12-/m0/s1. The molecule has 0 spiro atoms. The highest BCUT2D eigenvalue weighted by molar-refractivity contribution is 7.82. The molecule has 1 atom stereocenters. The number of fused-ring (bicyclic) bond motifs is 1. The van der Waals surface area contributed by atoms with Crippen molar-refractivity contribution in [1.82, 2.24) is 0 Å². The van der Waals surface area contributed by atoms with Gasteiger partial charge in [0.25, 0.3) is 5.91 Å². The van der Waals surface area contributed by atoms with Gasteiger partial charge in [0.2, 0.25) is 4.93 Å². The van der Waals surface area contributed by atoms with E-state index in [4.69, 9.17) is 5.11 Å². The summed E-state index contributed by atoms with van der Waals surface area (Å²) >= 11 is 3.96. The Morgan fingerprint density at radius 1 is 1.50 bits per heavy atom. The number of aryl methyl sites for hydroxylation is 1. The summed E-state index contributed by atoms with van der Waals surface area (Å²) in [5.74, 6) is -1.86. The number of carboxylic acid groups (broad SMARTS) is 1. The average Bonchev–Trinajstić information content (AvgIpc) is 2.50. The zero-order valence-corrected chi connectivity index (χ0v) is 10.6. The monoisotopic (exact) mass is 267 g/mol. The molecule has 0 saturated heterocycles. The number of anilines is 1. The molecule has 0 aliphatic carbocycles. The minimum Gasteiger partial charge on any atom is -0.480 e. The van der Waals surface area contributed by atoms with Gasteiger partial charge in [-0.1, -0.05) is 13.0 Å². The van der Waals surface area contributed by atoms with Crippen molar-refractivity contribution < 1.29 is 19.8 Å². The lowest BCUT2D eigenvalue weighted by Gasteiger charge is -2.16. The Bertz CT molecular complexity index is 527. The molecule has 1 heterocycles. The molecule has 0 aromatic heterocycles. The molecule has 1 aliphatic heterocycles. The molecule has 0 saturated carbocycles. The van der Waals surface area contributed by atoms with Gasteiger partial charge >= 0.3 is 5.97 Å². The summed E-state index contributed by atoms with van der Waals surface area (Å²) < 4.78 is 0. The first kappa shape index (κ1) is 12.9. The zero-order chi connectivity index (χ0) is 13.5. The average molecular weight is 267 g/mol. The number of thiol groups is 1. The van der Waals surface area contributed by atoms with Crippen LogP contribution in [-0.2, 0) is 20.9 Å². The Morgan fingerprint density at radius 3 is 2.72 bits per heavy atom. The van der Waals surface area contributed by atoms with Gasteiger partial charge in [0, 0.05) is 5.56 Å². The SMILES string of the molecule is CCc1ccc2c(c1)[C@](O)(S)C(=O)N2CC(=O)O. The third-order valence-corrected chi connectivity index (χ3v) is 3.40. The highest BCUT2D eigenvalue weighted by atomic mass is 32.1. The molecule has 0 radical (unpaired) electrons. The number of benzene rings is 1. The second-order valence-corrected chi connectivity index (χ2v) is 4.81. The highest BCUT2D eigenvalue weighted by Crippen LogP contribution is 2.42. The van der Waals surface area contributed by atoms with Crippen molar-refractivity contribution in [3.8, 4) is 0 Å². The Hall–Kier alpha value is -1.53. The van der Waals surface area contributed by atoms with E-state index in [0.29, 0.717) is 11.3 Å². The number of aliphatic carboxylic acids is 1. The number of carbonyl (C=O) groups is 2. The van der Waals surface area contributed by atoms with Crippen molar-refractivity contribution in [3.05, 3.63) is 29.3 Å². The quantitative estimate of drug-likeness (QED) is 0.558. The summed E-state index contributed by atoms with van der Waals surface area (Å²) in [4.78, 5) is 21.8.